The molecule has 2 atom stereocenters. The Morgan fingerprint density at radius 2 is 1.74 bits per heavy atom. The number of aromatic hydroxyl groups is 1. The van der Waals surface area contributed by atoms with Crippen LogP contribution in [0.1, 0.15) is 11.7 Å². The molecule has 2 rings (SSSR count). The Balaban J connectivity index is 2.19. The Morgan fingerprint density at radius 3 is 2.39 bits per heavy atom. The molecule has 6 heteroatoms. The van der Waals surface area contributed by atoms with E-state index < -0.39 is 12.2 Å². The summed E-state index contributed by atoms with van der Waals surface area (Å²) in [5.41, 5.74) is 0.460. The molecule has 124 valence electrons. The van der Waals surface area contributed by atoms with Crippen molar-refractivity contribution in [3.8, 4) is 23.0 Å². The monoisotopic (exact) mass is 320 g/mol. The van der Waals surface area contributed by atoms with Gasteiger partial charge in [0.2, 0.25) is 0 Å². The van der Waals surface area contributed by atoms with Gasteiger partial charge in [0, 0.05) is 6.07 Å². The molecule has 0 amide bonds. The van der Waals surface area contributed by atoms with Crippen LogP contribution in [0.4, 0.5) is 0 Å². The van der Waals surface area contributed by atoms with Crippen molar-refractivity contribution in [2.24, 2.45) is 0 Å². The molecule has 2 aromatic rings. The molecule has 0 aliphatic carbocycles. The summed E-state index contributed by atoms with van der Waals surface area (Å²) in [7, 11) is 2.96. The molecule has 0 radical (unpaired) electrons. The topological polar surface area (TPSA) is 88.4 Å². The van der Waals surface area contributed by atoms with Crippen molar-refractivity contribution in [2.45, 2.75) is 12.2 Å². The van der Waals surface area contributed by atoms with E-state index in [-0.39, 0.29) is 18.1 Å². The normalized spacial score (nSPS) is 13.2. The van der Waals surface area contributed by atoms with E-state index in [1.807, 2.05) is 0 Å². The molecule has 0 aliphatic heterocycles. The lowest BCUT2D eigenvalue weighted by atomic mass is 10.0. The van der Waals surface area contributed by atoms with Crippen LogP contribution in [0.15, 0.2) is 42.5 Å². The highest BCUT2D eigenvalue weighted by molar-refractivity contribution is 5.42. The largest absolute Gasteiger partial charge is 0.504 e. The van der Waals surface area contributed by atoms with Gasteiger partial charge in [-0.05, 0) is 29.8 Å². The Morgan fingerprint density at radius 1 is 1.00 bits per heavy atom. The fourth-order valence-corrected chi connectivity index (χ4v) is 2.14. The van der Waals surface area contributed by atoms with Crippen molar-refractivity contribution in [3.63, 3.8) is 0 Å². The van der Waals surface area contributed by atoms with Crippen LogP contribution in [-0.2, 0) is 0 Å². The third-order valence-corrected chi connectivity index (χ3v) is 3.41. The number of hydrogen-bond acceptors (Lipinski definition) is 6. The second-order valence-corrected chi connectivity index (χ2v) is 4.89. The van der Waals surface area contributed by atoms with E-state index in [4.69, 9.17) is 14.2 Å². The lowest BCUT2D eigenvalue weighted by molar-refractivity contribution is 0.000571. The second-order valence-electron chi connectivity index (χ2n) is 4.89. The maximum Gasteiger partial charge on any atom is 0.160 e. The van der Waals surface area contributed by atoms with Crippen LogP contribution < -0.4 is 14.2 Å². The van der Waals surface area contributed by atoms with Gasteiger partial charge in [0.25, 0.3) is 0 Å². The van der Waals surface area contributed by atoms with Crippen molar-refractivity contribution in [1.82, 2.24) is 0 Å². The van der Waals surface area contributed by atoms with E-state index >= 15 is 0 Å². The standard InChI is InChI=1S/C17H20O6/c1-21-12-4-3-5-13(9-12)23-16(10-18)17(20)11-6-7-14(19)15(8-11)22-2/h3-9,16-20H,10H2,1-2H3. The van der Waals surface area contributed by atoms with Crippen LogP contribution in [0, 0.1) is 0 Å². The van der Waals surface area contributed by atoms with Crippen molar-refractivity contribution in [3.05, 3.63) is 48.0 Å². The first-order chi connectivity index (χ1) is 11.1. The van der Waals surface area contributed by atoms with Gasteiger partial charge < -0.3 is 29.5 Å². The summed E-state index contributed by atoms with van der Waals surface area (Å²) in [6.45, 7) is -0.387. The first-order valence-electron chi connectivity index (χ1n) is 7.05. The zero-order chi connectivity index (χ0) is 16.8. The van der Waals surface area contributed by atoms with Gasteiger partial charge in [0.1, 0.15) is 17.6 Å². The molecular weight excluding hydrogens is 300 g/mol. The molecule has 3 N–H and O–H groups in total. The number of hydrogen-bond donors (Lipinski definition) is 3. The number of rotatable bonds is 7. The number of phenols is 1. The molecule has 0 bridgehead atoms. The molecule has 0 saturated carbocycles. The average Bonchev–Trinajstić information content (AvgIpc) is 2.59. The van der Waals surface area contributed by atoms with Crippen molar-refractivity contribution in [1.29, 1.82) is 0 Å². The van der Waals surface area contributed by atoms with Crippen LogP contribution in [0.5, 0.6) is 23.0 Å². The molecule has 0 fully saturated rings. The average molecular weight is 320 g/mol. The van der Waals surface area contributed by atoms with Gasteiger partial charge in [0.05, 0.1) is 20.8 Å². The van der Waals surface area contributed by atoms with E-state index in [9.17, 15) is 15.3 Å². The summed E-state index contributed by atoms with van der Waals surface area (Å²) < 4.78 is 15.8. The van der Waals surface area contributed by atoms with Gasteiger partial charge in [-0.2, -0.15) is 0 Å². The quantitative estimate of drug-likeness (QED) is 0.722. The van der Waals surface area contributed by atoms with E-state index in [1.54, 1.807) is 37.4 Å². The molecule has 6 nitrogen and oxygen atoms in total. The van der Waals surface area contributed by atoms with Crippen LogP contribution in [0.3, 0.4) is 0 Å². The summed E-state index contributed by atoms with van der Waals surface area (Å²) in [4.78, 5) is 0. The predicted octanol–water partition coefficient (Wildman–Crippen LogP) is 1.88. The third kappa shape index (κ3) is 4.06. The predicted molar refractivity (Wildman–Crippen MR) is 84.1 cm³/mol. The zero-order valence-corrected chi connectivity index (χ0v) is 13.0. The first-order valence-corrected chi connectivity index (χ1v) is 7.05. The highest BCUT2D eigenvalue weighted by atomic mass is 16.5. The molecule has 0 aliphatic rings. The van der Waals surface area contributed by atoms with E-state index in [0.29, 0.717) is 17.1 Å². The number of aliphatic hydroxyl groups excluding tert-OH is 2. The van der Waals surface area contributed by atoms with Crippen LogP contribution in [0.25, 0.3) is 0 Å². The van der Waals surface area contributed by atoms with Crippen molar-refractivity contribution >= 4 is 0 Å². The van der Waals surface area contributed by atoms with E-state index in [2.05, 4.69) is 0 Å². The lowest BCUT2D eigenvalue weighted by Crippen LogP contribution is -2.29. The minimum absolute atomic E-state index is 0.0299. The van der Waals surface area contributed by atoms with Crippen molar-refractivity contribution < 1.29 is 29.5 Å². The fraction of sp³-hybridized carbons (Fsp3) is 0.294. The van der Waals surface area contributed by atoms with Gasteiger partial charge >= 0.3 is 0 Å². The van der Waals surface area contributed by atoms with Crippen LogP contribution >= 0.6 is 0 Å². The van der Waals surface area contributed by atoms with E-state index in [1.165, 1.54) is 19.2 Å². The molecule has 0 spiro atoms. The minimum Gasteiger partial charge on any atom is -0.504 e. The Hall–Kier alpha value is -2.44. The van der Waals surface area contributed by atoms with Crippen molar-refractivity contribution in [2.75, 3.05) is 20.8 Å². The number of aliphatic hydroxyl groups is 2. The Kier molecular flexibility index (Phi) is 5.67. The van der Waals surface area contributed by atoms with Gasteiger partial charge in [-0.3, -0.25) is 0 Å². The van der Waals surface area contributed by atoms with E-state index in [0.717, 1.165) is 0 Å². The highest BCUT2D eigenvalue weighted by Crippen LogP contribution is 2.31. The molecule has 23 heavy (non-hydrogen) atoms. The summed E-state index contributed by atoms with van der Waals surface area (Å²) in [5, 5.41) is 29.6. The summed E-state index contributed by atoms with van der Waals surface area (Å²) >= 11 is 0. The number of methoxy groups -OCH3 is 2. The summed E-state index contributed by atoms with van der Waals surface area (Å²) in [6.07, 6.45) is -1.97. The lowest BCUT2D eigenvalue weighted by Gasteiger charge is -2.23. The number of phenolic OH excluding ortho intramolecular Hbond substituents is 1. The second kappa shape index (κ2) is 7.71. The molecular formula is C17H20O6. The zero-order valence-electron chi connectivity index (χ0n) is 13.0. The van der Waals surface area contributed by atoms with Gasteiger partial charge in [-0.1, -0.05) is 12.1 Å². The van der Waals surface area contributed by atoms with Crippen LogP contribution in [-0.4, -0.2) is 42.3 Å². The summed E-state index contributed by atoms with van der Waals surface area (Å²) in [6, 6.07) is 11.3. The molecule has 0 heterocycles. The number of benzene rings is 2. The fourth-order valence-electron chi connectivity index (χ4n) is 2.14. The smallest absolute Gasteiger partial charge is 0.160 e. The molecule has 2 unspecified atom stereocenters. The third-order valence-electron chi connectivity index (χ3n) is 3.41. The van der Waals surface area contributed by atoms with Crippen LogP contribution in [0.2, 0.25) is 0 Å². The maximum atomic E-state index is 10.4. The minimum atomic E-state index is -1.10. The SMILES string of the molecule is COc1cccc(OC(CO)C(O)c2ccc(O)c(OC)c2)c1. The summed E-state index contributed by atoms with van der Waals surface area (Å²) in [5.74, 6) is 1.28. The first kappa shape index (κ1) is 16.9. The van der Waals surface area contributed by atoms with Gasteiger partial charge in [0.15, 0.2) is 17.6 Å². The molecule has 0 aromatic heterocycles. The Bertz CT molecular complexity index is 643. The molecule has 2 aromatic carbocycles. The van der Waals surface area contributed by atoms with Gasteiger partial charge in [-0.25, -0.2) is 0 Å². The maximum absolute atomic E-state index is 10.4. The highest BCUT2D eigenvalue weighted by Gasteiger charge is 2.23. The van der Waals surface area contributed by atoms with Gasteiger partial charge in [-0.15, -0.1) is 0 Å². The molecule has 0 saturated heterocycles. The Labute approximate surface area is 134 Å². The number of ether oxygens (including phenoxy) is 3.